The Kier molecular flexibility index (Phi) is 5.39. The fraction of sp³-hybridized carbons (Fsp3) is 0.571. The van der Waals surface area contributed by atoms with Crippen molar-refractivity contribution >= 4 is 40.6 Å². The fourth-order valence-corrected chi connectivity index (χ4v) is 7.92. The molecule has 9 nitrogen and oxygen atoms in total. The Balaban J connectivity index is 1.09. The summed E-state index contributed by atoms with van der Waals surface area (Å²) < 4.78 is 0. The second-order valence-electron chi connectivity index (χ2n) is 12.2. The van der Waals surface area contributed by atoms with E-state index in [0.29, 0.717) is 23.0 Å². The Morgan fingerprint density at radius 3 is 2.54 bits per heavy atom. The Bertz CT molecular complexity index is 1280. The lowest BCUT2D eigenvalue weighted by atomic mass is 9.53. The van der Waals surface area contributed by atoms with Crippen molar-refractivity contribution in [3.63, 3.8) is 0 Å². The first kappa shape index (κ1) is 23.0. The van der Waals surface area contributed by atoms with Gasteiger partial charge in [-0.3, -0.25) is 14.9 Å². The number of anilines is 1. The summed E-state index contributed by atoms with van der Waals surface area (Å²) in [6.45, 7) is 1.88. The molecule has 5 fully saturated rings. The number of rotatable bonds is 4. The van der Waals surface area contributed by atoms with Crippen LogP contribution < -0.4 is 16.0 Å². The van der Waals surface area contributed by atoms with E-state index in [9.17, 15) is 9.59 Å². The van der Waals surface area contributed by atoms with E-state index in [0.717, 1.165) is 54.6 Å². The first-order chi connectivity index (χ1) is 17.9. The van der Waals surface area contributed by atoms with E-state index in [2.05, 4.69) is 42.9 Å². The van der Waals surface area contributed by atoms with Crippen LogP contribution in [0, 0.1) is 23.7 Å². The zero-order valence-corrected chi connectivity index (χ0v) is 21.3. The van der Waals surface area contributed by atoms with E-state index in [1.165, 1.54) is 38.5 Å². The third-order valence-corrected chi connectivity index (χ3v) is 9.33. The molecule has 4 N–H and O–H groups in total. The summed E-state index contributed by atoms with van der Waals surface area (Å²) >= 11 is 0. The molecule has 4 aliphatic carbocycles. The van der Waals surface area contributed by atoms with Crippen LogP contribution in [0.1, 0.15) is 56.9 Å². The minimum atomic E-state index is -0.193. The molecule has 4 bridgehead atoms. The monoisotopic (exact) mass is 501 g/mol. The summed E-state index contributed by atoms with van der Waals surface area (Å²) in [6, 6.07) is 1.92. The van der Waals surface area contributed by atoms with Gasteiger partial charge in [0.25, 0.3) is 5.91 Å². The summed E-state index contributed by atoms with van der Waals surface area (Å²) in [5.41, 5.74) is 2.66. The van der Waals surface area contributed by atoms with Crippen molar-refractivity contribution in [2.75, 3.05) is 25.5 Å². The number of carbonyl (C=O) groups excluding carboxylic acids is 2. The van der Waals surface area contributed by atoms with E-state index >= 15 is 0 Å². The molecule has 194 valence electrons. The lowest BCUT2D eigenvalue weighted by Crippen LogP contribution is -2.61. The van der Waals surface area contributed by atoms with Crippen LogP contribution in [0.4, 0.5) is 5.69 Å². The SMILES string of the molecule is CN1CCC(C(=O)Nc2cnc3[nH]cc(/C=C4/N=C(NC56CC7CC(CC(C7)C5)C6)NC4=O)c3c2)CC1. The zero-order valence-electron chi connectivity index (χ0n) is 21.3. The highest BCUT2D eigenvalue weighted by atomic mass is 16.2. The van der Waals surface area contributed by atoms with E-state index < -0.39 is 0 Å². The number of H-pyrrole nitrogens is 1. The first-order valence-corrected chi connectivity index (χ1v) is 13.8. The van der Waals surface area contributed by atoms with E-state index in [1.807, 2.05) is 12.3 Å². The van der Waals surface area contributed by atoms with Crippen molar-refractivity contribution in [3.8, 4) is 0 Å². The van der Waals surface area contributed by atoms with Crippen molar-refractivity contribution in [2.24, 2.45) is 28.7 Å². The molecular weight excluding hydrogens is 466 g/mol. The molecular formula is C28H35N7O2. The predicted octanol–water partition coefficient (Wildman–Crippen LogP) is 3.23. The van der Waals surface area contributed by atoms with Gasteiger partial charge in [-0.2, -0.15) is 0 Å². The number of fused-ring (bicyclic) bond motifs is 1. The Morgan fingerprint density at radius 2 is 1.84 bits per heavy atom. The molecule has 0 atom stereocenters. The van der Waals surface area contributed by atoms with Crippen molar-refractivity contribution < 1.29 is 9.59 Å². The highest BCUT2D eigenvalue weighted by molar-refractivity contribution is 6.14. The minimum Gasteiger partial charge on any atom is -0.350 e. The van der Waals surface area contributed by atoms with Crippen molar-refractivity contribution in [2.45, 2.75) is 56.9 Å². The fourth-order valence-electron chi connectivity index (χ4n) is 7.92. The van der Waals surface area contributed by atoms with Gasteiger partial charge in [0, 0.05) is 28.6 Å². The van der Waals surface area contributed by atoms with Crippen LogP contribution in [-0.4, -0.2) is 58.3 Å². The van der Waals surface area contributed by atoms with Gasteiger partial charge < -0.3 is 20.5 Å². The maximum absolute atomic E-state index is 12.8. The van der Waals surface area contributed by atoms with E-state index in [1.54, 1.807) is 12.3 Å². The summed E-state index contributed by atoms with van der Waals surface area (Å²) in [6.07, 6.45) is 14.7. The van der Waals surface area contributed by atoms with E-state index in [4.69, 9.17) is 0 Å². The maximum atomic E-state index is 12.8. The van der Waals surface area contributed by atoms with Crippen LogP contribution in [0.5, 0.6) is 0 Å². The number of nitrogens with one attached hydrogen (secondary N) is 4. The molecule has 6 aliphatic rings. The number of nitrogens with zero attached hydrogens (tertiary/aromatic N) is 3. The molecule has 1 saturated heterocycles. The van der Waals surface area contributed by atoms with Gasteiger partial charge in [0.15, 0.2) is 0 Å². The predicted molar refractivity (Wildman–Crippen MR) is 143 cm³/mol. The number of aliphatic imine (C=N–C) groups is 1. The van der Waals surface area contributed by atoms with Gasteiger partial charge in [0.05, 0.1) is 11.9 Å². The molecule has 0 unspecified atom stereocenters. The van der Waals surface area contributed by atoms with Gasteiger partial charge in [-0.1, -0.05) is 0 Å². The number of aromatic amines is 1. The normalized spacial score (nSPS) is 32.7. The highest BCUT2D eigenvalue weighted by Gasteiger charge is 2.51. The second kappa shape index (κ2) is 8.68. The summed E-state index contributed by atoms with van der Waals surface area (Å²) in [5.74, 6) is 2.92. The second-order valence-corrected chi connectivity index (χ2v) is 12.2. The first-order valence-electron chi connectivity index (χ1n) is 13.8. The van der Waals surface area contributed by atoms with Crippen molar-refractivity contribution in [3.05, 3.63) is 29.7 Å². The number of guanidine groups is 1. The van der Waals surface area contributed by atoms with Crippen LogP contribution in [0.15, 0.2) is 29.1 Å². The number of hydrogen-bond acceptors (Lipinski definition) is 6. The molecule has 0 aromatic carbocycles. The number of amides is 2. The Morgan fingerprint density at radius 1 is 1.14 bits per heavy atom. The molecule has 37 heavy (non-hydrogen) atoms. The summed E-state index contributed by atoms with van der Waals surface area (Å²) in [5, 5.41) is 10.5. The lowest BCUT2D eigenvalue weighted by Gasteiger charge is -2.57. The quantitative estimate of drug-likeness (QED) is 0.481. The van der Waals surface area contributed by atoms with Crippen LogP contribution in [0.25, 0.3) is 17.1 Å². The van der Waals surface area contributed by atoms with Crippen molar-refractivity contribution in [1.82, 2.24) is 25.5 Å². The lowest BCUT2D eigenvalue weighted by molar-refractivity contribution is -0.121. The summed E-state index contributed by atoms with van der Waals surface area (Å²) in [4.78, 5) is 40.2. The molecule has 0 radical (unpaired) electrons. The maximum Gasteiger partial charge on any atom is 0.276 e. The topological polar surface area (TPSA) is 115 Å². The molecule has 9 heteroatoms. The number of pyridine rings is 1. The van der Waals surface area contributed by atoms with Gasteiger partial charge in [-0.05, 0) is 101 Å². The third kappa shape index (κ3) is 4.33. The molecule has 2 aliphatic heterocycles. The Hall–Kier alpha value is -3.20. The number of likely N-dealkylation sites (tertiary alicyclic amines) is 1. The van der Waals surface area contributed by atoms with E-state index in [-0.39, 0.29) is 23.3 Å². The molecule has 8 rings (SSSR count). The van der Waals surface area contributed by atoms with Crippen LogP contribution in [0.2, 0.25) is 0 Å². The molecule has 4 saturated carbocycles. The number of aromatic nitrogens is 2. The highest BCUT2D eigenvalue weighted by Crippen LogP contribution is 2.55. The van der Waals surface area contributed by atoms with Gasteiger partial charge in [0.2, 0.25) is 11.9 Å². The average Bonchev–Trinajstić information content (AvgIpc) is 3.40. The van der Waals surface area contributed by atoms with Crippen LogP contribution in [0.3, 0.4) is 0 Å². The van der Waals surface area contributed by atoms with Gasteiger partial charge in [0.1, 0.15) is 11.3 Å². The minimum absolute atomic E-state index is 0.0242. The van der Waals surface area contributed by atoms with Crippen molar-refractivity contribution in [1.29, 1.82) is 0 Å². The largest absolute Gasteiger partial charge is 0.350 e. The van der Waals surface area contributed by atoms with Gasteiger partial charge >= 0.3 is 0 Å². The number of hydrogen-bond donors (Lipinski definition) is 4. The molecule has 2 aromatic rings. The summed E-state index contributed by atoms with van der Waals surface area (Å²) in [7, 11) is 2.09. The Labute approximate surface area is 216 Å². The average molecular weight is 502 g/mol. The molecule has 0 spiro atoms. The van der Waals surface area contributed by atoms with Gasteiger partial charge in [-0.15, -0.1) is 0 Å². The van der Waals surface area contributed by atoms with Crippen LogP contribution >= 0.6 is 0 Å². The molecule has 2 aromatic heterocycles. The van der Waals surface area contributed by atoms with Gasteiger partial charge in [-0.25, -0.2) is 9.98 Å². The molecule has 4 heterocycles. The zero-order chi connectivity index (χ0) is 25.1. The number of piperidine rings is 1. The van der Waals surface area contributed by atoms with Crippen LogP contribution in [-0.2, 0) is 9.59 Å². The standard InChI is InChI=1S/C28H35N7O2/c1-35-4-2-19(3-5-35)25(36)31-21-10-22-20(14-29-24(22)30-15-21)9-23-26(37)33-27(32-23)34-28-11-16-6-17(12-28)8-18(7-16)13-28/h9-10,14-19H,2-8,11-13H2,1H3,(H,29,30)(H,31,36)(H2,32,33,34,37)/b23-9+. The third-order valence-electron chi connectivity index (χ3n) is 9.33. The molecule has 2 amide bonds. The number of carbonyl (C=O) groups is 2. The smallest absolute Gasteiger partial charge is 0.276 e.